The molecule has 3 nitrogen and oxygen atoms in total. The van der Waals surface area contributed by atoms with E-state index in [1.54, 1.807) is 61.7 Å². The zero-order valence-corrected chi connectivity index (χ0v) is 16.5. The molecule has 0 radical (unpaired) electrons. The van der Waals surface area contributed by atoms with Crippen molar-refractivity contribution in [2.24, 2.45) is 0 Å². The highest BCUT2D eigenvalue weighted by atomic mass is 79.9. The average molecular weight is 429 g/mol. The van der Waals surface area contributed by atoms with Gasteiger partial charge in [-0.2, -0.15) is 0 Å². The Bertz CT molecular complexity index is 1010. The largest absolute Gasteiger partial charge is 0.497 e. The third-order valence-electron chi connectivity index (χ3n) is 3.90. The van der Waals surface area contributed by atoms with Gasteiger partial charge in [-0.25, -0.2) is 8.42 Å². The summed E-state index contributed by atoms with van der Waals surface area (Å²) in [5.41, 5.74) is 1.38. The van der Waals surface area contributed by atoms with Crippen LogP contribution in [-0.2, 0) is 9.84 Å². The molecule has 3 aromatic rings. The van der Waals surface area contributed by atoms with Gasteiger partial charge in [-0.1, -0.05) is 48.5 Å². The summed E-state index contributed by atoms with van der Waals surface area (Å²) in [7, 11) is -2.15. The maximum absolute atomic E-state index is 13.4. The lowest BCUT2D eigenvalue weighted by atomic mass is 10.1. The van der Waals surface area contributed by atoms with Gasteiger partial charge in [0.2, 0.25) is 9.84 Å². The second-order valence-corrected chi connectivity index (χ2v) is 8.23. The first kappa shape index (κ1) is 18.4. The first-order chi connectivity index (χ1) is 12.5. The van der Waals surface area contributed by atoms with Crippen LogP contribution in [0.1, 0.15) is 11.1 Å². The molecule has 0 saturated carbocycles. The smallest absolute Gasteiger partial charge is 0.208 e. The normalized spacial score (nSPS) is 12.4. The van der Waals surface area contributed by atoms with Gasteiger partial charge >= 0.3 is 0 Å². The summed E-state index contributed by atoms with van der Waals surface area (Å²) in [5, 5.41) is 0. The molecular weight excluding hydrogens is 412 g/mol. The first-order valence-electron chi connectivity index (χ1n) is 7.94. The Balaban J connectivity index is 2.26. The maximum atomic E-state index is 13.4. The topological polar surface area (TPSA) is 43.4 Å². The molecule has 0 amide bonds. The van der Waals surface area contributed by atoms with Gasteiger partial charge in [0.15, 0.2) is 0 Å². The van der Waals surface area contributed by atoms with Crippen molar-refractivity contribution >= 4 is 35.2 Å². The van der Waals surface area contributed by atoms with Crippen molar-refractivity contribution in [3.8, 4) is 5.75 Å². The highest BCUT2D eigenvalue weighted by Crippen LogP contribution is 2.38. The fourth-order valence-corrected chi connectivity index (χ4v) is 5.26. The Labute approximate surface area is 162 Å². The number of ether oxygens (including phenoxy) is 1. The fraction of sp³-hybridized carbons (Fsp3) is 0.0476. The third kappa shape index (κ3) is 3.74. The number of halogens is 1. The van der Waals surface area contributed by atoms with Crippen molar-refractivity contribution in [2.45, 2.75) is 4.90 Å². The summed E-state index contributed by atoms with van der Waals surface area (Å²) in [4.78, 5) is 0.469. The van der Waals surface area contributed by atoms with Gasteiger partial charge in [-0.05, 0) is 63.5 Å². The second kappa shape index (κ2) is 7.89. The van der Waals surface area contributed by atoms with Crippen molar-refractivity contribution in [2.75, 3.05) is 7.11 Å². The molecular formula is C21H17BrO3S. The SMILES string of the molecule is COc1ccc(/C(=C(\Br)c2ccccc2)S(=O)(=O)c2ccccc2)cc1. The van der Waals surface area contributed by atoms with E-state index in [4.69, 9.17) is 4.74 Å². The van der Waals surface area contributed by atoms with E-state index in [9.17, 15) is 8.42 Å². The fourth-order valence-electron chi connectivity index (χ4n) is 2.58. The highest BCUT2D eigenvalue weighted by Gasteiger charge is 2.26. The lowest BCUT2D eigenvalue weighted by Crippen LogP contribution is -2.06. The van der Waals surface area contributed by atoms with Crippen LogP contribution in [0.4, 0.5) is 0 Å². The van der Waals surface area contributed by atoms with Gasteiger partial charge < -0.3 is 4.74 Å². The predicted octanol–water partition coefficient (Wildman–Crippen LogP) is 5.39. The molecule has 0 aliphatic rings. The Kier molecular flexibility index (Phi) is 5.59. The molecule has 0 aliphatic heterocycles. The van der Waals surface area contributed by atoms with Crippen LogP contribution in [0.2, 0.25) is 0 Å². The maximum Gasteiger partial charge on any atom is 0.208 e. The van der Waals surface area contributed by atoms with E-state index in [1.807, 2.05) is 30.3 Å². The minimum Gasteiger partial charge on any atom is -0.497 e. The monoisotopic (exact) mass is 428 g/mol. The molecule has 5 heteroatoms. The molecule has 26 heavy (non-hydrogen) atoms. The molecule has 0 aromatic heterocycles. The first-order valence-corrected chi connectivity index (χ1v) is 10.2. The minimum absolute atomic E-state index is 0.220. The van der Waals surface area contributed by atoms with E-state index in [-0.39, 0.29) is 9.80 Å². The summed E-state index contributed by atoms with van der Waals surface area (Å²) in [5.74, 6) is 0.668. The zero-order valence-electron chi connectivity index (χ0n) is 14.1. The van der Waals surface area contributed by atoms with Crippen molar-refractivity contribution in [3.63, 3.8) is 0 Å². The van der Waals surface area contributed by atoms with Gasteiger partial charge in [-0.15, -0.1) is 0 Å². The summed E-state index contributed by atoms with van der Waals surface area (Å²) < 4.78 is 32.5. The van der Waals surface area contributed by atoms with Gasteiger partial charge in [0.25, 0.3) is 0 Å². The van der Waals surface area contributed by atoms with E-state index in [0.717, 1.165) is 5.56 Å². The Morgan fingerprint density at radius 3 is 1.85 bits per heavy atom. The molecule has 0 spiro atoms. The Morgan fingerprint density at radius 1 is 0.769 bits per heavy atom. The minimum atomic E-state index is -3.73. The van der Waals surface area contributed by atoms with Crippen LogP contribution in [0.25, 0.3) is 9.39 Å². The number of rotatable bonds is 5. The van der Waals surface area contributed by atoms with Crippen molar-refractivity contribution in [1.82, 2.24) is 0 Å². The van der Waals surface area contributed by atoms with Crippen molar-refractivity contribution in [3.05, 3.63) is 96.1 Å². The van der Waals surface area contributed by atoms with Gasteiger partial charge in [0.1, 0.15) is 5.75 Å². The van der Waals surface area contributed by atoms with Crippen LogP contribution in [0.3, 0.4) is 0 Å². The quantitative estimate of drug-likeness (QED) is 0.511. The molecule has 3 rings (SSSR count). The molecule has 132 valence electrons. The zero-order chi connectivity index (χ0) is 18.6. The number of hydrogen-bond acceptors (Lipinski definition) is 3. The molecule has 0 unspecified atom stereocenters. The highest BCUT2D eigenvalue weighted by molar-refractivity contribution is 9.15. The summed E-state index contributed by atoms with van der Waals surface area (Å²) in [6, 6.07) is 24.8. The second-order valence-electron chi connectivity index (χ2n) is 5.55. The molecule has 0 heterocycles. The Morgan fingerprint density at radius 2 is 1.31 bits per heavy atom. The number of hydrogen-bond donors (Lipinski definition) is 0. The van der Waals surface area contributed by atoms with Gasteiger partial charge in [-0.3, -0.25) is 0 Å². The predicted molar refractivity (Wildman–Crippen MR) is 109 cm³/mol. The average Bonchev–Trinajstić information content (AvgIpc) is 2.70. The van der Waals surface area contributed by atoms with E-state index >= 15 is 0 Å². The third-order valence-corrected chi connectivity index (χ3v) is 6.89. The summed E-state index contributed by atoms with van der Waals surface area (Å²) in [6.45, 7) is 0. The standard InChI is InChI=1S/C21H17BrO3S/c1-25-18-14-12-17(13-15-18)21(20(22)16-8-4-2-5-9-16)26(23,24)19-10-6-3-7-11-19/h2-15H,1H3/b21-20+. The van der Waals surface area contributed by atoms with Crippen LogP contribution in [-0.4, -0.2) is 15.5 Å². The molecule has 3 aromatic carbocycles. The van der Waals surface area contributed by atoms with Crippen LogP contribution < -0.4 is 4.74 Å². The number of methoxy groups -OCH3 is 1. The molecule has 0 saturated heterocycles. The van der Waals surface area contributed by atoms with Crippen molar-refractivity contribution < 1.29 is 13.2 Å². The number of benzene rings is 3. The molecule has 0 fully saturated rings. The molecule has 0 N–H and O–H groups in total. The van der Waals surface area contributed by atoms with Crippen LogP contribution >= 0.6 is 15.9 Å². The van der Waals surface area contributed by atoms with E-state index < -0.39 is 9.84 Å². The van der Waals surface area contributed by atoms with Crippen LogP contribution in [0.5, 0.6) is 5.75 Å². The van der Waals surface area contributed by atoms with Gasteiger partial charge in [0.05, 0.1) is 16.9 Å². The molecule has 0 atom stereocenters. The Hall–Kier alpha value is -2.37. The van der Waals surface area contributed by atoms with Gasteiger partial charge in [0, 0.05) is 4.48 Å². The summed E-state index contributed by atoms with van der Waals surface area (Å²) in [6.07, 6.45) is 0. The van der Waals surface area contributed by atoms with Crippen molar-refractivity contribution in [1.29, 1.82) is 0 Å². The summed E-state index contributed by atoms with van der Waals surface area (Å²) >= 11 is 3.53. The lowest BCUT2D eigenvalue weighted by molar-refractivity contribution is 0.415. The number of sulfone groups is 1. The van der Waals surface area contributed by atoms with E-state index in [0.29, 0.717) is 15.8 Å². The van der Waals surface area contributed by atoms with E-state index in [1.165, 1.54) is 0 Å². The molecule has 0 aliphatic carbocycles. The molecule has 0 bridgehead atoms. The lowest BCUT2D eigenvalue weighted by Gasteiger charge is -2.14. The van der Waals surface area contributed by atoms with Crippen LogP contribution in [0, 0.1) is 0 Å². The van der Waals surface area contributed by atoms with Crippen LogP contribution in [0.15, 0.2) is 89.8 Å². The van der Waals surface area contributed by atoms with E-state index in [2.05, 4.69) is 15.9 Å².